The molecule has 1 atom stereocenters. The second-order valence-corrected chi connectivity index (χ2v) is 6.13. The number of benzene rings is 1. The van der Waals surface area contributed by atoms with E-state index in [4.69, 9.17) is 0 Å². The summed E-state index contributed by atoms with van der Waals surface area (Å²) in [4.78, 5) is 15.7. The van der Waals surface area contributed by atoms with Gasteiger partial charge in [0.1, 0.15) is 5.82 Å². The zero-order chi connectivity index (χ0) is 14.8. The first-order chi connectivity index (χ1) is 10.1. The molecule has 0 aromatic heterocycles. The molecule has 1 aromatic carbocycles. The van der Waals surface area contributed by atoms with Crippen molar-refractivity contribution < 1.29 is 14.1 Å². The molecule has 21 heavy (non-hydrogen) atoms. The van der Waals surface area contributed by atoms with E-state index in [-0.39, 0.29) is 17.8 Å². The molecule has 2 aliphatic rings. The van der Waals surface area contributed by atoms with Crippen LogP contribution in [-0.4, -0.2) is 44.2 Å². The van der Waals surface area contributed by atoms with Crippen LogP contribution in [-0.2, 0) is 4.79 Å². The quantitative estimate of drug-likeness (QED) is 0.832. The van der Waals surface area contributed by atoms with Crippen LogP contribution in [0.5, 0.6) is 0 Å². The molecule has 3 rings (SSSR count). The molecule has 2 fully saturated rings. The fourth-order valence-corrected chi connectivity index (χ4v) is 2.88. The molecule has 1 amide bonds. The van der Waals surface area contributed by atoms with Crippen LogP contribution < -0.4 is 15.1 Å². The first-order valence-corrected chi connectivity index (χ1v) is 7.79. The van der Waals surface area contributed by atoms with Gasteiger partial charge in [-0.1, -0.05) is 0 Å². The summed E-state index contributed by atoms with van der Waals surface area (Å²) in [5.74, 6) is -0.0175. The van der Waals surface area contributed by atoms with Gasteiger partial charge in [-0.25, -0.2) is 4.39 Å². The van der Waals surface area contributed by atoms with Crippen molar-refractivity contribution in [1.82, 2.24) is 5.32 Å². The van der Waals surface area contributed by atoms with Crippen molar-refractivity contribution in [2.24, 2.45) is 0 Å². The number of carbonyl (C=O) groups excluding carboxylic acids is 1. The number of nitrogens with one attached hydrogen (secondary N) is 2. The first-order valence-electron chi connectivity index (χ1n) is 7.79. The lowest BCUT2D eigenvalue weighted by Crippen LogP contribution is -3.19. The minimum atomic E-state index is -0.201. The Morgan fingerprint density at radius 1 is 1.29 bits per heavy atom. The molecule has 1 heterocycles. The molecule has 1 saturated carbocycles. The van der Waals surface area contributed by atoms with E-state index in [0.717, 1.165) is 44.7 Å². The van der Waals surface area contributed by atoms with Crippen molar-refractivity contribution in [2.75, 3.05) is 31.1 Å². The molecule has 1 aliphatic heterocycles. The molecule has 4 nitrogen and oxygen atoms in total. The Bertz CT molecular complexity index is 493. The Morgan fingerprint density at radius 2 is 1.90 bits per heavy atom. The van der Waals surface area contributed by atoms with E-state index < -0.39 is 0 Å². The third kappa shape index (κ3) is 3.53. The molecule has 0 spiro atoms. The maximum Gasteiger partial charge on any atom is 0.278 e. The van der Waals surface area contributed by atoms with Crippen molar-refractivity contribution in [3.63, 3.8) is 0 Å². The highest BCUT2D eigenvalue weighted by atomic mass is 19.1. The highest BCUT2D eigenvalue weighted by Crippen LogP contribution is 2.18. The maximum atomic E-state index is 13.0. The average molecular weight is 292 g/mol. The molecule has 0 bridgehead atoms. The second-order valence-electron chi connectivity index (χ2n) is 6.13. The lowest BCUT2D eigenvalue weighted by atomic mass is 10.2. The molecule has 1 saturated heterocycles. The fourth-order valence-electron chi connectivity index (χ4n) is 2.88. The highest BCUT2D eigenvalue weighted by Gasteiger charge is 2.32. The lowest BCUT2D eigenvalue weighted by molar-refractivity contribution is -0.914. The fraction of sp³-hybridized carbons (Fsp3) is 0.562. The van der Waals surface area contributed by atoms with Crippen LogP contribution in [0.4, 0.5) is 10.1 Å². The summed E-state index contributed by atoms with van der Waals surface area (Å²) in [6.07, 6.45) is 2.26. The molecular weight excluding hydrogens is 269 g/mol. The summed E-state index contributed by atoms with van der Waals surface area (Å²) >= 11 is 0. The monoisotopic (exact) mass is 292 g/mol. The second kappa shape index (κ2) is 6.02. The number of nitrogens with zero attached hydrogens (tertiary/aromatic N) is 1. The van der Waals surface area contributed by atoms with Crippen LogP contribution in [0, 0.1) is 5.82 Å². The molecule has 1 aromatic rings. The summed E-state index contributed by atoms with van der Waals surface area (Å²) in [7, 11) is 0. The van der Waals surface area contributed by atoms with E-state index in [1.54, 1.807) is 0 Å². The van der Waals surface area contributed by atoms with Crippen LogP contribution in [0.15, 0.2) is 24.3 Å². The number of carbonyl (C=O) groups is 1. The number of hydrogen-bond donors (Lipinski definition) is 2. The van der Waals surface area contributed by atoms with Crippen molar-refractivity contribution in [1.29, 1.82) is 0 Å². The standard InChI is InChI=1S/C16H22FN3O/c1-12(16(21)18-14-4-5-14)19-8-10-20(11-9-19)15-6-2-13(17)3-7-15/h2-3,6-7,12,14H,4-5,8-11H2,1H3,(H,18,21)/p+1/t12-/m1/s1. The van der Waals surface area contributed by atoms with Gasteiger partial charge in [-0.2, -0.15) is 0 Å². The smallest absolute Gasteiger partial charge is 0.278 e. The van der Waals surface area contributed by atoms with E-state index in [1.807, 2.05) is 19.1 Å². The summed E-state index contributed by atoms with van der Waals surface area (Å²) in [5, 5.41) is 3.09. The van der Waals surface area contributed by atoms with Crippen LogP contribution in [0.1, 0.15) is 19.8 Å². The van der Waals surface area contributed by atoms with Gasteiger partial charge < -0.3 is 15.1 Å². The lowest BCUT2D eigenvalue weighted by Gasteiger charge is -2.36. The number of quaternary nitrogens is 1. The van der Waals surface area contributed by atoms with Crippen LogP contribution in [0.25, 0.3) is 0 Å². The summed E-state index contributed by atoms with van der Waals surface area (Å²) in [5.41, 5.74) is 1.06. The number of piperazine rings is 1. The Balaban J connectivity index is 1.52. The zero-order valence-corrected chi connectivity index (χ0v) is 12.4. The topological polar surface area (TPSA) is 36.8 Å². The number of amides is 1. The Kier molecular flexibility index (Phi) is 4.10. The predicted molar refractivity (Wildman–Crippen MR) is 79.9 cm³/mol. The maximum absolute atomic E-state index is 13.0. The average Bonchev–Trinajstić information content (AvgIpc) is 3.31. The number of rotatable bonds is 4. The molecule has 5 heteroatoms. The van der Waals surface area contributed by atoms with E-state index in [0.29, 0.717) is 6.04 Å². The van der Waals surface area contributed by atoms with Gasteiger partial charge >= 0.3 is 0 Å². The molecule has 2 N–H and O–H groups in total. The van der Waals surface area contributed by atoms with Gasteiger partial charge in [0.25, 0.3) is 5.91 Å². The highest BCUT2D eigenvalue weighted by molar-refractivity contribution is 5.80. The van der Waals surface area contributed by atoms with Crippen LogP contribution in [0.2, 0.25) is 0 Å². The minimum absolute atomic E-state index is 0.0148. The normalized spacial score (nSPS) is 21.1. The van der Waals surface area contributed by atoms with Crippen molar-refractivity contribution in [3.8, 4) is 0 Å². The van der Waals surface area contributed by atoms with Crippen molar-refractivity contribution >= 4 is 11.6 Å². The molecule has 114 valence electrons. The van der Waals surface area contributed by atoms with Crippen molar-refractivity contribution in [2.45, 2.75) is 31.8 Å². The SMILES string of the molecule is C[C@H](C(=O)NC1CC1)[NH+]1CCN(c2ccc(F)cc2)CC1. The van der Waals surface area contributed by atoms with Gasteiger partial charge in [-0.05, 0) is 44.0 Å². The number of anilines is 1. The van der Waals surface area contributed by atoms with Crippen molar-refractivity contribution in [3.05, 3.63) is 30.1 Å². The summed E-state index contributed by atoms with van der Waals surface area (Å²) in [6, 6.07) is 7.09. The molecule has 0 unspecified atom stereocenters. The predicted octanol–water partition coefficient (Wildman–Crippen LogP) is 0.198. The van der Waals surface area contributed by atoms with Gasteiger partial charge in [0.15, 0.2) is 6.04 Å². The number of hydrogen-bond acceptors (Lipinski definition) is 2. The van der Waals surface area contributed by atoms with Gasteiger partial charge in [0.05, 0.1) is 26.2 Å². The zero-order valence-electron chi connectivity index (χ0n) is 12.4. The minimum Gasteiger partial charge on any atom is -0.360 e. The Hall–Kier alpha value is -1.62. The van der Waals surface area contributed by atoms with Gasteiger partial charge in [-0.3, -0.25) is 4.79 Å². The van der Waals surface area contributed by atoms with E-state index >= 15 is 0 Å². The molecular formula is C16H23FN3O+. The molecule has 1 aliphatic carbocycles. The number of halogens is 1. The first kappa shape index (κ1) is 14.3. The Morgan fingerprint density at radius 3 is 2.48 bits per heavy atom. The summed E-state index contributed by atoms with van der Waals surface area (Å²) in [6.45, 7) is 5.71. The largest absolute Gasteiger partial charge is 0.360 e. The summed E-state index contributed by atoms with van der Waals surface area (Å²) < 4.78 is 13.0. The third-order valence-corrected chi connectivity index (χ3v) is 4.53. The van der Waals surface area contributed by atoms with Gasteiger partial charge in [0.2, 0.25) is 0 Å². The van der Waals surface area contributed by atoms with Gasteiger partial charge in [0, 0.05) is 11.7 Å². The van der Waals surface area contributed by atoms with Crippen LogP contribution in [0.3, 0.4) is 0 Å². The van der Waals surface area contributed by atoms with E-state index in [1.165, 1.54) is 17.0 Å². The van der Waals surface area contributed by atoms with Gasteiger partial charge in [-0.15, -0.1) is 0 Å². The Labute approximate surface area is 124 Å². The van der Waals surface area contributed by atoms with Crippen LogP contribution >= 0.6 is 0 Å². The van der Waals surface area contributed by atoms with E-state index in [9.17, 15) is 9.18 Å². The molecule has 0 radical (unpaired) electrons. The van der Waals surface area contributed by atoms with E-state index in [2.05, 4.69) is 10.2 Å². The third-order valence-electron chi connectivity index (χ3n) is 4.53.